The van der Waals surface area contributed by atoms with Crippen LogP contribution in [0.2, 0.25) is 0 Å². The number of likely N-dealkylation sites (tertiary alicyclic amines) is 1. The lowest BCUT2D eigenvalue weighted by Gasteiger charge is -2.38. The van der Waals surface area contributed by atoms with E-state index in [1.54, 1.807) is 12.1 Å². The predicted molar refractivity (Wildman–Crippen MR) is 118 cm³/mol. The highest BCUT2D eigenvalue weighted by molar-refractivity contribution is 5.79. The molecule has 7 heteroatoms. The predicted octanol–water partition coefficient (Wildman–Crippen LogP) is 4.26. The molecule has 1 amide bonds. The number of hydrogen-bond donors (Lipinski definition) is 0. The van der Waals surface area contributed by atoms with Crippen LogP contribution in [-0.2, 0) is 24.1 Å². The monoisotopic (exact) mass is 445 g/mol. The molecule has 0 bridgehead atoms. The van der Waals surface area contributed by atoms with Crippen LogP contribution in [-0.4, -0.2) is 59.9 Å². The van der Waals surface area contributed by atoms with Crippen molar-refractivity contribution in [3.63, 3.8) is 0 Å². The zero-order chi connectivity index (χ0) is 22.6. The maximum Gasteiger partial charge on any atom is 0.416 e. The highest BCUT2D eigenvalue weighted by Crippen LogP contribution is 2.29. The van der Waals surface area contributed by atoms with Crippen LogP contribution >= 0.6 is 0 Å². The SMILES string of the molecule is O=C(C1CCN(Cc2ccc(C(F)(F)F)cc2)CC1)N1CCN(Cc2ccccc2)CC1. The van der Waals surface area contributed by atoms with Crippen molar-refractivity contribution in [2.45, 2.75) is 32.1 Å². The molecule has 2 aliphatic heterocycles. The van der Waals surface area contributed by atoms with E-state index in [9.17, 15) is 18.0 Å². The minimum atomic E-state index is -4.30. The average molecular weight is 446 g/mol. The van der Waals surface area contributed by atoms with Gasteiger partial charge in [-0.1, -0.05) is 42.5 Å². The molecular formula is C25H30F3N3O. The van der Waals surface area contributed by atoms with Crippen molar-refractivity contribution >= 4 is 5.91 Å². The van der Waals surface area contributed by atoms with Gasteiger partial charge in [-0.2, -0.15) is 13.2 Å². The van der Waals surface area contributed by atoms with Crippen LogP contribution in [0.15, 0.2) is 54.6 Å². The van der Waals surface area contributed by atoms with Gasteiger partial charge in [0.15, 0.2) is 0 Å². The van der Waals surface area contributed by atoms with Gasteiger partial charge in [0.2, 0.25) is 5.91 Å². The molecule has 4 nitrogen and oxygen atoms in total. The zero-order valence-electron chi connectivity index (χ0n) is 18.2. The molecule has 0 saturated carbocycles. The van der Waals surface area contributed by atoms with Crippen LogP contribution in [0.1, 0.15) is 29.5 Å². The van der Waals surface area contributed by atoms with E-state index in [4.69, 9.17) is 0 Å². The summed E-state index contributed by atoms with van der Waals surface area (Å²) in [5.74, 6) is 0.318. The van der Waals surface area contributed by atoms with Crippen molar-refractivity contribution in [3.8, 4) is 0 Å². The number of amides is 1. The number of halogens is 3. The standard InChI is InChI=1S/C25H30F3N3O/c26-25(27,28)23-8-6-21(7-9-23)19-29-12-10-22(11-13-29)24(32)31-16-14-30(15-17-31)18-20-4-2-1-3-5-20/h1-9,22H,10-19H2. The van der Waals surface area contributed by atoms with Crippen molar-refractivity contribution in [1.82, 2.24) is 14.7 Å². The Morgan fingerprint density at radius 1 is 0.750 bits per heavy atom. The molecule has 2 saturated heterocycles. The molecule has 0 atom stereocenters. The van der Waals surface area contributed by atoms with Gasteiger partial charge in [0.25, 0.3) is 0 Å². The first-order valence-electron chi connectivity index (χ1n) is 11.3. The average Bonchev–Trinajstić information content (AvgIpc) is 2.80. The van der Waals surface area contributed by atoms with Gasteiger partial charge in [0.1, 0.15) is 0 Å². The third kappa shape index (κ3) is 5.90. The highest BCUT2D eigenvalue weighted by atomic mass is 19.4. The number of rotatable bonds is 5. The van der Waals surface area contributed by atoms with E-state index < -0.39 is 11.7 Å². The molecule has 0 radical (unpaired) electrons. The molecule has 0 spiro atoms. The first-order valence-corrected chi connectivity index (χ1v) is 11.3. The summed E-state index contributed by atoms with van der Waals surface area (Å²) in [5.41, 5.74) is 1.56. The van der Waals surface area contributed by atoms with Gasteiger partial charge in [0.05, 0.1) is 5.56 Å². The molecule has 2 aromatic rings. The second kappa shape index (κ2) is 10.0. The Balaban J connectivity index is 1.20. The normalized spacial score (nSPS) is 19.3. The van der Waals surface area contributed by atoms with Crippen LogP contribution in [0.3, 0.4) is 0 Å². The van der Waals surface area contributed by atoms with Crippen molar-refractivity contribution in [3.05, 3.63) is 71.3 Å². The fraction of sp³-hybridized carbons (Fsp3) is 0.480. The van der Waals surface area contributed by atoms with E-state index in [2.05, 4.69) is 34.1 Å². The van der Waals surface area contributed by atoms with Gasteiger partial charge in [-0.3, -0.25) is 14.6 Å². The van der Waals surface area contributed by atoms with Gasteiger partial charge in [-0.15, -0.1) is 0 Å². The lowest BCUT2D eigenvalue weighted by atomic mass is 9.94. The Morgan fingerprint density at radius 2 is 1.28 bits per heavy atom. The first-order chi connectivity index (χ1) is 15.4. The molecule has 0 aromatic heterocycles. The Kier molecular flexibility index (Phi) is 7.16. The van der Waals surface area contributed by atoms with Gasteiger partial charge < -0.3 is 4.90 Å². The van der Waals surface area contributed by atoms with Crippen molar-refractivity contribution in [1.29, 1.82) is 0 Å². The topological polar surface area (TPSA) is 26.8 Å². The molecule has 2 aromatic carbocycles. The molecule has 0 N–H and O–H groups in total. The summed E-state index contributed by atoms with van der Waals surface area (Å²) in [6.07, 6.45) is -2.68. The van der Waals surface area contributed by atoms with Crippen molar-refractivity contribution < 1.29 is 18.0 Å². The van der Waals surface area contributed by atoms with E-state index in [0.29, 0.717) is 6.54 Å². The fourth-order valence-corrected chi connectivity index (χ4v) is 4.62. The number of alkyl halides is 3. The molecule has 0 unspecified atom stereocenters. The number of nitrogens with zero attached hydrogens (tertiary/aromatic N) is 3. The Bertz CT molecular complexity index is 870. The number of carbonyl (C=O) groups excluding carboxylic acids is 1. The second-order valence-electron chi connectivity index (χ2n) is 8.83. The second-order valence-corrected chi connectivity index (χ2v) is 8.83. The molecule has 4 rings (SSSR count). The molecule has 2 fully saturated rings. The third-order valence-electron chi connectivity index (χ3n) is 6.56. The summed E-state index contributed by atoms with van der Waals surface area (Å²) in [4.78, 5) is 19.6. The summed E-state index contributed by atoms with van der Waals surface area (Å²) in [5, 5.41) is 0. The van der Waals surface area contributed by atoms with Crippen LogP contribution in [0, 0.1) is 5.92 Å². The molecular weight excluding hydrogens is 415 g/mol. The van der Waals surface area contributed by atoms with Gasteiger partial charge >= 0.3 is 6.18 Å². The smallest absolute Gasteiger partial charge is 0.340 e. The Hall–Kier alpha value is -2.38. The van der Waals surface area contributed by atoms with E-state index in [-0.39, 0.29) is 11.8 Å². The maximum atomic E-state index is 13.0. The van der Waals surface area contributed by atoms with E-state index >= 15 is 0 Å². The zero-order valence-corrected chi connectivity index (χ0v) is 18.2. The maximum absolute atomic E-state index is 13.0. The number of piperazine rings is 1. The lowest BCUT2D eigenvalue weighted by molar-refractivity contribution is -0.139. The summed E-state index contributed by atoms with van der Waals surface area (Å²) in [7, 11) is 0. The number of hydrogen-bond acceptors (Lipinski definition) is 3. The van der Waals surface area contributed by atoms with E-state index in [1.807, 2.05) is 11.0 Å². The van der Waals surface area contributed by atoms with E-state index in [0.717, 1.165) is 76.4 Å². The summed E-state index contributed by atoms with van der Waals surface area (Å²) in [6.45, 7) is 6.48. The van der Waals surface area contributed by atoms with Crippen molar-refractivity contribution in [2.24, 2.45) is 5.92 Å². The Labute approximate surface area is 187 Å². The van der Waals surface area contributed by atoms with Crippen LogP contribution in [0.25, 0.3) is 0 Å². The number of carbonyl (C=O) groups is 1. The Morgan fingerprint density at radius 3 is 1.84 bits per heavy atom. The van der Waals surface area contributed by atoms with Crippen LogP contribution in [0.5, 0.6) is 0 Å². The largest absolute Gasteiger partial charge is 0.416 e. The molecule has 172 valence electrons. The third-order valence-corrected chi connectivity index (χ3v) is 6.56. The molecule has 32 heavy (non-hydrogen) atoms. The minimum Gasteiger partial charge on any atom is -0.340 e. The lowest BCUT2D eigenvalue weighted by Crippen LogP contribution is -2.51. The number of benzene rings is 2. The van der Waals surface area contributed by atoms with Gasteiger partial charge in [-0.05, 0) is 49.2 Å². The first kappa shape index (κ1) is 22.8. The van der Waals surface area contributed by atoms with E-state index in [1.165, 1.54) is 5.56 Å². The van der Waals surface area contributed by atoms with Gasteiger partial charge in [0, 0.05) is 45.2 Å². The molecule has 2 heterocycles. The highest BCUT2D eigenvalue weighted by Gasteiger charge is 2.31. The summed E-state index contributed by atoms with van der Waals surface area (Å²) in [6, 6.07) is 15.8. The molecule has 2 aliphatic rings. The summed E-state index contributed by atoms with van der Waals surface area (Å²) >= 11 is 0. The van der Waals surface area contributed by atoms with Crippen molar-refractivity contribution in [2.75, 3.05) is 39.3 Å². The quantitative estimate of drug-likeness (QED) is 0.688. The minimum absolute atomic E-state index is 0.0551. The fourth-order valence-electron chi connectivity index (χ4n) is 4.62. The van der Waals surface area contributed by atoms with Crippen LogP contribution < -0.4 is 0 Å². The van der Waals surface area contributed by atoms with Crippen LogP contribution in [0.4, 0.5) is 13.2 Å². The molecule has 0 aliphatic carbocycles. The number of piperidine rings is 1. The van der Waals surface area contributed by atoms with Gasteiger partial charge in [-0.25, -0.2) is 0 Å². The summed E-state index contributed by atoms with van der Waals surface area (Å²) < 4.78 is 38.2.